The molecular weight excluding hydrogens is 340 g/mol. The topological polar surface area (TPSA) is 62.5 Å². The highest BCUT2D eigenvalue weighted by atomic mass is 16.4. The van der Waals surface area contributed by atoms with Crippen LogP contribution >= 0.6 is 0 Å². The van der Waals surface area contributed by atoms with Crippen molar-refractivity contribution in [1.82, 2.24) is 9.47 Å². The number of benzene rings is 2. The fraction of sp³-hybridized carbons (Fsp3) is 0.273. The Bertz CT molecular complexity index is 1040. The maximum absolute atomic E-state index is 12.7. The van der Waals surface area contributed by atoms with Gasteiger partial charge < -0.3 is 14.6 Å². The molecule has 0 unspecified atom stereocenters. The molecule has 3 aromatic rings. The minimum atomic E-state index is -0.933. The highest BCUT2D eigenvalue weighted by Crippen LogP contribution is 2.24. The van der Waals surface area contributed by atoms with Gasteiger partial charge in [-0.2, -0.15) is 0 Å². The average Bonchev–Trinajstić information content (AvgIpc) is 3.01. The van der Waals surface area contributed by atoms with E-state index in [1.54, 1.807) is 12.1 Å². The zero-order valence-electron chi connectivity index (χ0n) is 15.3. The second-order valence-corrected chi connectivity index (χ2v) is 7.14. The molecule has 0 fully saturated rings. The molecule has 0 radical (unpaired) electrons. The quantitative estimate of drug-likeness (QED) is 0.774. The van der Waals surface area contributed by atoms with Crippen LogP contribution in [0.3, 0.4) is 0 Å². The lowest BCUT2D eigenvalue weighted by atomic mass is 9.97. The van der Waals surface area contributed by atoms with E-state index in [9.17, 15) is 14.7 Å². The number of aryl methyl sites for hydroxylation is 2. The summed E-state index contributed by atoms with van der Waals surface area (Å²) in [6.07, 6.45) is 4.04. The molecule has 0 saturated carbocycles. The number of carbonyl (C=O) groups excluding carboxylic acids is 1. The van der Waals surface area contributed by atoms with E-state index in [1.807, 2.05) is 30.1 Å². The SMILES string of the molecule is Cn1cc(CCC(=O)N2CCc3ccc(C(=O)O)cc3C2)c2ccccc21. The van der Waals surface area contributed by atoms with E-state index in [-0.39, 0.29) is 11.5 Å². The van der Waals surface area contributed by atoms with E-state index in [4.69, 9.17) is 0 Å². The number of nitrogens with zero attached hydrogens (tertiary/aromatic N) is 2. The minimum absolute atomic E-state index is 0.120. The van der Waals surface area contributed by atoms with E-state index < -0.39 is 5.97 Å². The molecule has 2 aromatic carbocycles. The molecule has 27 heavy (non-hydrogen) atoms. The van der Waals surface area contributed by atoms with Gasteiger partial charge in [-0.25, -0.2) is 4.79 Å². The fourth-order valence-electron chi connectivity index (χ4n) is 3.93. The van der Waals surface area contributed by atoms with E-state index >= 15 is 0 Å². The molecule has 0 atom stereocenters. The van der Waals surface area contributed by atoms with Gasteiger partial charge in [0.25, 0.3) is 0 Å². The summed E-state index contributed by atoms with van der Waals surface area (Å²) in [7, 11) is 2.02. The third-order valence-electron chi connectivity index (χ3n) is 5.41. The third kappa shape index (κ3) is 3.33. The molecular formula is C22H22N2O3. The van der Waals surface area contributed by atoms with Gasteiger partial charge >= 0.3 is 5.97 Å². The molecule has 138 valence electrons. The smallest absolute Gasteiger partial charge is 0.335 e. The fourth-order valence-corrected chi connectivity index (χ4v) is 3.93. The van der Waals surface area contributed by atoms with Gasteiger partial charge in [0.2, 0.25) is 5.91 Å². The third-order valence-corrected chi connectivity index (χ3v) is 5.41. The van der Waals surface area contributed by atoms with E-state index in [0.29, 0.717) is 25.9 Å². The summed E-state index contributed by atoms with van der Waals surface area (Å²) in [6.45, 7) is 1.18. The molecule has 1 aliphatic rings. The highest BCUT2D eigenvalue weighted by molar-refractivity contribution is 5.88. The van der Waals surface area contributed by atoms with Crippen LogP contribution < -0.4 is 0 Å². The van der Waals surface area contributed by atoms with Crippen LogP contribution in [-0.2, 0) is 31.2 Å². The van der Waals surface area contributed by atoms with Crippen molar-refractivity contribution in [1.29, 1.82) is 0 Å². The summed E-state index contributed by atoms with van der Waals surface area (Å²) in [5.41, 5.74) is 4.72. The zero-order valence-corrected chi connectivity index (χ0v) is 15.3. The second kappa shape index (κ2) is 6.91. The summed E-state index contributed by atoms with van der Waals surface area (Å²) >= 11 is 0. The van der Waals surface area contributed by atoms with Crippen molar-refractivity contribution in [3.8, 4) is 0 Å². The number of carbonyl (C=O) groups is 2. The lowest BCUT2D eigenvalue weighted by Gasteiger charge is -2.29. The first kappa shape index (κ1) is 17.3. The first-order chi connectivity index (χ1) is 13.0. The van der Waals surface area contributed by atoms with Crippen LogP contribution in [0.5, 0.6) is 0 Å². The Labute approximate surface area is 157 Å². The monoisotopic (exact) mass is 362 g/mol. The molecule has 0 spiro atoms. The zero-order chi connectivity index (χ0) is 19.0. The number of para-hydroxylation sites is 1. The van der Waals surface area contributed by atoms with Crippen molar-refractivity contribution in [2.45, 2.75) is 25.8 Å². The van der Waals surface area contributed by atoms with Crippen LogP contribution in [0.4, 0.5) is 0 Å². The summed E-state index contributed by atoms with van der Waals surface area (Å²) in [4.78, 5) is 25.8. The van der Waals surface area contributed by atoms with Crippen LogP contribution in [0.15, 0.2) is 48.7 Å². The molecule has 1 amide bonds. The number of aromatic carboxylic acids is 1. The largest absolute Gasteiger partial charge is 0.478 e. The second-order valence-electron chi connectivity index (χ2n) is 7.14. The average molecular weight is 362 g/mol. The maximum atomic E-state index is 12.7. The number of amides is 1. The van der Waals surface area contributed by atoms with Crippen molar-refractivity contribution in [2.75, 3.05) is 6.54 Å². The van der Waals surface area contributed by atoms with E-state index in [1.165, 1.54) is 16.5 Å². The van der Waals surface area contributed by atoms with Crippen molar-refractivity contribution < 1.29 is 14.7 Å². The summed E-state index contributed by atoms with van der Waals surface area (Å²) in [5.74, 6) is -0.813. The number of rotatable bonds is 4. The predicted molar refractivity (Wildman–Crippen MR) is 104 cm³/mol. The van der Waals surface area contributed by atoms with Crippen molar-refractivity contribution in [3.63, 3.8) is 0 Å². The summed E-state index contributed by atoms with van der Waals surface area (Å²) in [6, 6.07) is 13.4. The van der Waals surface area contributed by atoms with Gasteiger partial charge in [0.15, 0.2) is 0 Å². The molecule has 0 aliphatic carbocycles. The Kier molecular flexibility index (Phi) is 4.44. The van der Waals surface area contributed by atoms with Gasteiger partial charge in [-0.05, 0) is 47.7 Å². The van der Waals surface area contributed by atoms with Crippen molar-refractivity contribution >= 4 is 22.8 Å². The summed E-state index contributed by atoms with van der Waals surface area (Å²) < 4.78 is 2.10. The maximum Gasteiger partial charge on any atom is 0.335 e. The molecule has 5 nitrogen and oxygen atoms in total. The van der Waals surface area contributed by atoms with Gasteiger partial charge in [-0.15, -0.1) is 0 Å². The molecule has 0 saturated heterocycles. The molecule has 0 bridgehead atoms. The van der Waals surface area contributed by atoms with Gasteiger partial charge in [-0.3, -0.25) is 4.79 Å². The predicted octanol–water partition coefficient (Wildman–Crippen LogP) is 3.39. The number of aromatic nitrogens is 1. The number of fused-ring (bicyclic) bond motifs is 2. The Morgan fingerprint density at radius 2 is 1.93 bits per heavy atom. The van der Waals surface area contributed by atoms with Gasteiger partial charge in [-0.1, -0.05) is 24.3 Å². The van der Waals surface area contributed by atoms with Crippen molar-refractivity contribution in [2.24, 2.45) is 7.05 Å². The van der Waals surface area contributed by atoms with Crippen molar-refractivity contribution in [3.05, 3.63) is 70.9 Å². The van der Waals surface area contributed by atoms with Crippen LogP contribution in [0, 0.1) is 0 Å². The van der Waals surface area contributed by atoms with Crippen LogP contribution in [0.2, 0.25) is 0 Å². The van der Waals surface area contributed by atoms with Crippen LogP contribution in [0.25, 0.3) is 10.9 Å². The lowest BCUT2D eigenvalue weighted by Crippen LogP contribution is -2.36. The van der Waals surface area contributed by atoms with Crippen LogP contribution in [-0.4, -0.2) is 33.0 Å². The summed E-state index contributed by atoms with van der Waals surface area (Å²) in [5, 5.41) is 10.4. The van der Waals surface area contributed by atoms with E-state index in [0.717, 1.165) is 17.5 Å². The number of carboxylic acids is 1. The minimum Gasteiger partial charge on any atom is -0.478 e. The highest BCUT2D eigenvalue weighted by Gasteiger charge is 2.22. The molecule has 1 aromatic heterocycles. The van der Waals surface area contributed by atoms with Gasteiger partial charge in [0.1, 0.15) is 0 Å². The normalized spacial score (nSPS) is 13.6. The Balaban J connectivity index is 1.46. The molecule has 1 aliphatic heterocycles. The Hall–Kier alpha value is -3.08. The van der Waals surface area contributed by atoms with Gasteiger partial charge in [0.05, 0.1) is 5.56 Å². The molecule has 4 rings (SSSR count). The Morgan fingerprint density at radius 3 is 2.74 bits per heavy atom. The first-order valence-corrected chi connectivity index (χ1v) is 9.19. The lowest BCUT2D eigenvalue weighted by molar-refractivity contribution is -0.132. The first-order valence-electron chi connectivity index (χ1n) is 9.19. The number of carboxylic acid groups (broad SMARTS) is 1. The Morgan fingerprint density at radius 1 is 1.11 bits per heavy atom. The van der Waals surface area contributed by atoms with E-state index in [2.05, 4.69) is 22.9 Å². The molecule has 1 N–H and O–H groups in total. The van der Waals surface area contributed by atoms with Gasteiger partial charge in [0, 0.05) is 43.7 Å². The molecule has 2 heterocycles. The standard InChI is InChI=1S/C22H22N2O3/c1-23-13-17(19-4-2-3-5-20(19)23)8-9-21(25)24-11-10-15-6-7-16(22(26)27)12-18(15)14-24/h2-7,12-13H,8-11,14H2,1H3,(H,26,27). The van der Waals surface area contributed by atoms with Crippen LogP contribution in [0.1, 0.15) is 33.5 Å². The number of hydrogen-bond donors (Lipinski definition) is 1. The molecule has 5 heteroatoms. The number of hydrogen-bond acceptors (Lipinski definition) is 2.